The van der Waals surface area contributed by atoms with Gasteiger partial charge in [0.15, 0.2) is 17.1 Å². The molecule has 7 rings (SSSR count). The predicted octanol–water partition coefficient (Wildman–Crippen LogP) is -1.47. The highest BCUT2D eigenvalue weighted by molar-refractivity contribution is 5.91. The van der Waals surface area contributed by atoms with Crippen LogP contribution in [0.1, 0.15) is 35.6 Å². The number of halogens is 1. The Labute approximate surface area is 223 Å². The number of hydrogen-bond acceptors (Lipinski definition) is 7. The van der Waals surface area contributed by atoms with E-state index < -0.39 is 11.6 Å². The molecule has 4 aromatic rings. The lowest BCUT2D eigenvalue weighted by Gasteiger charge is -2.31. The van der Waals surface area contributed by atoms with Crippen LogP contribution in [0.25, 0.3) is 22.3 Å². The van der Waals surface area contributed by atoms with Gasteiger partial charge in [0, 0.05) is 28.1 Å². The van der Waals surface area contributed by atoms with E-state index in [1.54, 1.807) is 17.6 Å². The molecule has 3 aromatic heterocycles. The number of carbonyl (C=O) groups excluding carboxylic acids is 1. The molecule has 38 heavy (non-hydrogen) atoms. The van der Waals surface area contributed by atoms with Gasteiger partial charge in [0.1, 0.15) is 38.8 Å². The lowest BCUT2D eigenvalue weighted by Crippen LogP contribution is -3.00. The Morgan fingerprint density at radius 3 is 2.58 bits per heavy atom. The van der Waals surface area contributed by atoms with Gasteiger partial charge in [-0.2, -0.15) is 0 Å². The quantitative estimate of drug-likeness (QED) is 0.221. The zero-order chi connectivity index (χ0) is 25.5. The predicted molar refractivity (Wildman–Crippen MR) is 130 cm³/mol. The molecule has 11 heteroatoms. The Balaban J connectivity index is 0.00000264. The van der Waals surface area contributed by atoms with Gasteiger partial charge in [-0.15, -0.1) is 0 Å². The minimum atomic E-state index is -1.87. The van der Waals surface area contributed by atoms with Gasteiger partial charge in [0.2, 0.25) is 6.33 Å². The van der Waals surface area contributed by atoms with E-state index in [1.165, 1.54) is 0 Å². The zero-order valence-electron chi connectivity index (χ0n) is 20.9. The van der Waals surface area contributed by atoms with Gasteiger partial charge in [-0.3, -0.25) is 4.79 Å². The average Bonchev–Trinajstić information content (AvgIpc) is 3.48. The van der Waals surface area contributed by atoms with Crippen molar-refractivity contribution in [1.82, 2.24) is 14.1 Å². The summed E-state index contributed by atoms with van der Waals surface area (Å²) in [7, 11) is 1.96. The molecule has 1 N–H and O–H groups in total. The summed E-state index contributed by atoms with van der Waals surface area (Å²) in [6, 6.07) is 5.58. The highest BCUT2D eigenvalue weighted by Crippen LogP contribution is 2.42. The summed E-state index contributed by atoms with van der Waals surface area (Å²) in [5.74, 6) is 0.571. The number of benzene rings is 1. The van der Waals surface area contributed by atoms with E-state index in [1.807, 2.05) is 42.5 Å². The molecule has 0 bridgehead atoms. The van der Waals surface area contributed by atoms with E-state index >= 15 is 0 Å². The van der Waals surface area contributed by atoms with Crippen LogP contribution in [-0.4, -0.2) is 38.4 Å². The number of carbonyl (C=O) groups is 1. The van der Waals surface area contributed by atoms with Gasteiger partial charge >= 0.3 is 5.97 Å². The molecule has 1 atom stereocenters. The topological polar surface area (TPSA) is 109 Å². The van der Waals surface area contributed by atoms with Crippen molar-refractivity contribution in [1.29, 1.82) is 0 Å². The second-order valence-electron chi connectivity index (χ2n) is 9.79. The molecule has 0 amide bonds. The third-order valence-electron chi connectivity index (χ3n) is 7.63. The van der Waals surface area contributed by atoms with E-state index in [4.69, 9.17) is 19.2 Å². The zero-order valence-corrected chi connectivity index (χ0v) is 21.6. The minimum Gasteiger partial charge on any atom is -1.00 e. The molecule has 0 saturated carbocycles. The van der Waals surface area contributed by atoms with Crippen molar-refractivity contribution < 1.29 is 41.1 Å². The molecule has 10 nitrogen and oxygen atoms in total. The Morgan fingerprint density at radius 2 is 1.87 bits per heavy atom. The summed E-state index contributed by atoms with van der Waals surface area (Å²) >= 11 is 0. The summed E-state index contributed by atoms with van der Waals surface area (Å²) in [6.07, 6.45) is 6.05. The number of esters is 1. The number of nitrogens with zero attached hydrogens (tertiary/aromatic N) is 4. The van der Waals surface area contributed by atoms with E-state index in [0.717, 1.165) is 22.0 Å². The van der Waals surface area contributed by atoms with E-state index in [9.17, 15) is 14.7 Å². The van der Waals surface area contributed by atoms with Crippen LogP contribution >= 0.6 is 0 Å². The van der Waals surface area contributed by atoms with Crippen molar-refractivity contribution in [3.8, 4) is 22.9 Å². The molecule has 0 spiro atoms. The third kappa shape index (κ3) is 3.36. The van der Waals surface area contributed by atoms with Crippen molar-refractivity contribution in [3.63, 3.8) is 0 Å². The summed E-state index contributed by atoms with van der Waals surface area (Å²) in [4.78, 5) is 31.1. The first-order chi connectivity index (χ1) is 17.9. The van der Waals surface area contributed by atoms with Crippen LogP contribution < -0.4 is 32.0 Å². The van der Waals surface area contributed by atoms with Crippen LogP contribution in [0.2, 0.25) is 0 Å². The molecule has 3 aliphatic heterocycles. The fourth-order valence-corrected chi connectivity index (χ4v) is 5.66. The molecule has 196 valence electrons. The van der Waals surface area contributed by atoms with Gasteiger partial charge < -0.3 is 36.3 Å². The SMILES string of the molecule is CC[C@@]1(O)C(=O)OCc2c1cc1n(c2=O)Cc2c-1nc1cc3c(cc1c2Cn1cc[n+](C)c1)OCCO3.[Cl-]. The Hall–Kier alpha value is -3.89. The summed E-state index contributed by atoms with van der Waals surface area (Å²) in [5.41, 5.74) is 2.37. The molecule has 3 aliphatic rings. The molecule has 6 heterocycles. The standard InChI is InChI=1S/C27H25N4O6.ClH/c1-3-27(34)19-9-21-24-17(12-31(21)25(32)18(19)13-37-26(27)33)16(11-30-5-4-29(2)14-30)15-8-22-23(10-20(15)28-24)36-7-6-35-22;/h4-5,8-10,14,34H,3,6-7,11-13H2,1-2H3;1H/q+1;/p-1/t27-;/m0./s1. The van der Waals surface area contributed by atoms with Gasteiger partial charge in [0.05, 0.1) is 36.1 Å². The summed E-state index contributed by atoms with van der Waals surface area (Å²) in [6.45, 7) is 3.37. The number of ether oxygens (including phenoxy) is 3. The first-order valence-corrected chi connectivity index (χ1v) is 12.3. The maximum atomic E-state index is 13.6. The second kappa shape index (κ2) is 8.57. The molecule has 1 aromatic carbocycles. The van der Waals surface area contributed by atoms with E-state index in [-0.39, 0.29) is 31.0 Å². The highest BCUT2D eigenvalue weighted by Gasteiger charge is 2.45. The van der Waals surface area contributed by atoms with Crippen LogP contribution in [0.15, 0.2) is 41.7 Å². The molecule has 0 saturated heterocycles. The normalized spacial score (nSPS) is 18.9. The van der Waals surface area contributed by atoms with Crippen LogP contribution in [-0.2, 0) is 41.9 Å². The average molecular weight is 537 g/mol. The van der Waals surface area contributed by atoms with Crippen LogP contribution in [0.5, 0.6) is 11.5 Å². The van der Waals surface area contributed by atoms with Crippen LogP contribution in [0.4, 0.5) is 0 Å². The maximum Gasteiger partial charge on any atom is 0.343 e. The minimum absolute atomic E-state index is 0. The number of aliphatic hydroxyl groups is 1. The van der Waals surface area contributed by atoms with Gasteiger partial charge in [0.25, 0.3) is 5.56 Å². The monoisotopic (exact) mass is 536 g/mol. The van der Waals surface area contributed by atoms with Crippen molar-refractivity contribution in [3.05, 3.63) is 69.5 Å². The fourth-order valence-electron chi connectivity index (χ4n) is 5.66. The molecule has 0 radical (unpaired) electrons. The molecular formula is C27H25ClN4O6. The largest absolute Gasteiger partial charge is 1.00 e. The maximum absolute atomic E-state index is 13.6. The number of aromatic nitrogens is 4. The lowest BCUT2D eigenvalue weighted by atomic mass is 9.86. The van der Waals surface area contributed by atoms with Gasteiger partial charge in [-0.05, 0) is 18.6 Å². The first-order valence-electron chi connectivity index (χ1n) is 12.3. The lowest BCUT2D eigenvalue weighted by molar-refractivity contribution is -0.671. The number of hydrogen-bond donors (Lipinski definition) is 1. The Morgan fingerprint density at radius 1 is 1.11 bits per heavy atom. The van der Waals surface area contributed by atoms with Crippen molar-refractivity contribution in [2.75, 3.05) is 13.2 Å². The molecule has 0 fully saturated rings. The van der Waals surface area contributed by atoms with Crippen molar-refractivity contribution >= 4 is 16.9 Å². The number of imidazole rings is 1. The van der Waals surface area contributed by atoms with E-state index in [0.29, 0.717) is 60.3 Å². The number of fused-ring (bicyclic) bond motifs is 6. The second-order valence-corrected chi connectivity index (χ2v) is 9.79. The third-order valence-corrected chi connectivity index (χ3v) is 7.63. The van der Waals surface area contributed by atoms with Crippen LogP contribution in [0.3, 0.4) is 0 Å². The van der Waals surface area contributed by atoms with Crippen molar-refractivity contribution in [2.45, 2.75) is 38.6 Å². The van der Waals surface area contributed by atoms with Gasteiger partial charge in [-0.25, -0.2) is 18.9 Å². The number of aryl methyl sites for hydroxylation is 1. The molecular weight excluding hydrogens is 512 g/mol. The fraction of sp³-hybridized carbons (Fsp3) is 0.333. The summed E-state index contributed by atoms with van der Waals surface area (Å²) in [5, 5.41) is 12.1. The summed E-state index contributed by atoms with van der Waals surface area (Å²) < 4.78 is 22.6. The molecule has 0 aliphatic carbocycles. The smallest absolute Gasteiger partial charge is 0.343 e. The Kier molecular flexibility index (Phi) is 5.51. The number of cyclic esters (lactones) is 1. The van der Waals surface area contributed by atoms with Crippen LogP contribution in [0, 0.1) is 0 Å². The Bertz CT molecular complexity index is 1710. The van der Waals surface area contributed by atoms with Gasteiger partial charge in [-0.1, -0.05) is 6.92 Å². The van der Waals surface area contributed by atoms with Crippen molar-refractivity contribution in [2.24, 2.45) is 7.05 Å². The number of rotatable bonds is 3. The van der Waals surface area contributed by atoms with E-state index in [2.05, 4.69) is 4.57 Å². The first kappa shape index (κ1) is 24.4. The molecule has 0 unspecified atom stereocenters. The number of pyridine rings is 2. The highest BCUT2D eigenvalue weighted by atomic mass is 35.5.